The van der Waals surface area contributed by atoms with E-state index < -0.39 is 10.0 Å². The van der Waals surface area contributed by atoms with Crippen molar-refractivity contribution < 1.29 is 22.7 Å². The van der Waals surface area contributed by atoms with Crippen LogP contribution in [0.3, 0.4) is 0 Å². The van der Waals surface area contributed by atoms with Crippen molar-refractivity contribution in [3.63, 3.8) is 0 Å². The van der Waals surface area contributed by atoms with Crippen LogP contribution in [0.15, 0.2) is 66.7 Å². The largest absolute Gasteiger partial charge is 0.454 e. The van der Waals surface area contributed by atoms with E-state index in [1.54, 1.807) is 42.5 Å². The Kier molecular flexibility index (Phi) is 5.56. The van der Waals surface area contributed by atoms with Crippen LogP contribution >= 0.6 is 0 Å². The maximum atomic E-state index is 12.6. The van der Waals surface area contributed by atoms with Gasteiger partial charge in [0.2, 0.25) is 16.8 Å². The Morgan fingerprint density at radius 2 is 1.71 bits per heavy atom. The number of anilines is 2. The predicted molar refractivity (Wildman–Crippen MR) is 119 cm³/mol. The van der Waals surface area contributed by atoms with E-state index in [-0.39, 0.29) is 19.2 Å². The van der Waals surface area contributed by atoms with Crippen molar-refractivity contribution in [2.75, 3.05) is 22.7 Å². The summed E-state index contributed by atoms with van der Waals surface area (Å²) in [7, 11) is -3.51. The van der Waals surface area contributed by atoms with E-state index in [9.17, 15) is 13.2 Å². The molecule has 0 aliphatic carbocycles. The van der Waals surface area contributed by atoms with Gasteiger partial charge in [-0.3, -0.25) is 9.10 Å². The van der Waals surface area contributed by atoms with Crippen molar-refractivity contribution in [1.29, 1.82) is 0 Å². The number of ether oxygens (including phenoxy) is 2. The molecule has 1 aliphatic heterocycles. The van der Waals surface area contributed by atoms with E-state index in [1.165, 1.54) is 10.6 Å². The third kappa shape index (κ3) is 4.64. The number of rotatable bonds is 6. The Morgan fingerprint density at radius 3 is 2.42 bits per heavy atom. The van der Waals surface area contributed by atoms with Gasteiger partial charge in [0, 0.05) is 17.3 Å². The Bertz CT molecular complexity index is 1220. The minimum absolute atomic E-state index is 0.160. The highest BCUT2D eigenvalue weighted by Crippen LogP contribution is 2.34. The number of hydrogen-bond acceptors (Lipinski definition) is 5. The van der Waals surface area contributed by atoms with E-state index in [2.05, 4.69) is 5.32 Å². The van der Waals surface area contributed by atoms with Gasteiger partial charge >= 0.3 is 0 Å². The Balaban J connectivity index is 1.52. The van der Waals surface area contributed by atoms with Crippen LogP contribution in [0.5, 0.6) is 11.5 Å². The molecule has 3 aromatic carbocycles. The molecule has 0 unspecified atom stereocenters. The fourth-order valence-corrected chi connectivity index (χ4v) is 4.18. The highest BCUT2D eigenvalue weighted by Gasteiger charge is 2.20. The number of sulfonamides is 1. The maximum absolute atomic E-state index is 12.6. The van der Waals surface area contributed by atoms with Gasteiger partial charge in [-0.2, -0.15) is 0 Å². The van der Waals surface area contributed by atoms with Crippen molar-refractivity contribution in [1.82, 2.24) is 0 Å². The summed E-state index contributed by atoms with van der Waals surface area (Å²) in [5.74, 6) is 0.903. The highest BCUT2D eigenvalue weighted by molar-refractivity contribution is 7.92. The second-order valence-corrected chi connectivity index (χ2v) is 9.17. The second-order valence-electron chi connectivity index (χ2n) is 7.27. The number of carbonyl (C=O) groups is 1. The van der Waals surface area contributed by atoms with Crippen LogP contribution in [0, 0.1) is 6.92 Å². The first-order chi connectivity index (χ1) is 14.8. The molecule has 3 aromatic rings. The predicted octanol–water partition coefficient (Wildman–Crippen LogP) is 3.94. The van der Waals surface area contributed by atoms with Crippen LogP contribution < -0.4 is 19.1 Å². The Morgan fingerprint density at radius 1 is 1.00 bits per heavy atom. The SMILES string of the molecule is Cc1ccccc1CN(c1ccc(C(=O)Nc2ccc3c(c2)OCO3)cc1)S(C)(=O)=O. The zero-order valence-corrected chi connectivity index (χ0v) is 18.0. The molecule has 0 radical (unpaired) electrons. The summed E-state index contributed by atoms with van der Waals surface area (Å²) in [5.41, 5.74) is 3.40. The third-order valence-corrected chi connectivity index (χ3v) is 6.16. The summed E-state index contributed by atoms with van der Waals surface area (Å²) in [6, 6.07) is 19.3. The van der Waals surface area contributed by atoms with Gasteiger partial charge in [-0.25, -0.2) is 8.42 Å². The zero-order valence-electron chi connectivity index (χ0n) is 17.2. The van der Waals surface area contributed by atoms with Gasteiger partial charge in [0.05, 0.1) is 18.5 Å². The number of amides is 1. The van der Waals surface area contributed by atoms with E-state index in [0.29, 0.717) is 28.4 Å². The van der Waals surface area contributed by atoms with Gasteiger partial charge in [-0.05, 0) is 54.4 Å². The fraction of sp³-hybridized carbons (Fsp3) is 0.174. The zero-order chi connectivity index (χ0) is 22.0. The maximum Gasteiger partial charge on any atom is 0.255 e. The lowest BCUT2D eigenvalue weighted by Gasteiger charge is -2.23. The van der Waals surface area contributed by atoms with Crippen LogP contribution in [0.4, 0.5) is 11.4 Å². The van der Waals surface area contributed by atoms with Crippen molar-refractivity contribution >= 4 is 27.3 Å². The monoisotopic (exact) mass is 438 g/mol. The van der Waals surface area contributed by atoms with Crippen LogP contribution in [0.1, 0.15) is 21.5 Å². The molecule has 1 aliphatic rings. The number of fused-ring (bicyclic) bond motifs is 1. The molecule has 0 saturated heterocycles. The molecule has 31 heavy (non-hydrogen) atoms. The summed E-state index contributed by atoms with van der Waals surface area (Å²) in [5, 5.41) is 2.81. The number of benzene rings is 3. The smallest absolute Gasteiger partial charge is 0.255 e. The second kappa shape index (κ2) is 8.31. The minimum Gasteiger partial charge on any atom is -0.454 e. The molecular weight excluding hydrogens is 416 g/mol. The number of hydrogen-bond donors (Lipinski definition) is 1. The van der Waals surface area contributed by atoms with Crippen molar-refractivity contribution in [2.24, 2.45) is 0 Å². The fourth-order valence-electron chi connectivity index (χ4n) is 3.30. The van der Waals surface area contributed by atoms with Gasteiger partial charge < -0.3 is 14.8 Å². The molecule has 0 saturated carbocycles. The average molecular weight is 439 g/mol. The summed E-state index contributed by atoms with van der Waals surface area (Å²) in [6.07, 6.45) is 1.17. The van der Waals surface area contributed by atoms with Gasteiger partial charge in [0.1, 0.15) is 0 Å². The molecule has 7 nitrogen and oxygen atoms in total. The van der Waals surface area contributed by atoms with Crippen LogP contribution in [-0.4, -0.2) is 27.4 Å². The molecule has 0 fully saturated rings. The van der Waals surface area contributed by atoms with E-state index in [1.807, 2.05) is 31.2 Å². The molecule has 160 valence electrons. The number of aryl methyl sites for hydroxylation is 1. The molecule has 0 atom stereocenters. The number of nitrogens with one attached hydrogen (secondary N) is 1. The lowest BCUT2D eigenvalue weighted by atomic mass is 10.1. The van der Waals surface area contributed by atoms with Crippen LogP contribution in [0.25, 0.3) is 0 Å². The number of carbonyl (C=O) groups excluding carboxylic acids is 1. The summed E-state index contributed by atoms with van der Waals surface area (Å²) < 4.78 is 36.8. The van der Waals surface area contributed by atoms with Gasteiger partial charge in [0.15, 0.2) is 11.5 Å². The molecule has 1 heterocycles. The summed E-state index contributed by atoms with van der Waals surface area (Å²) >= 11 is 0. The molecule has 0 aromatic heterocycles. The molecular formula is C23H22N2O5S. The molecule has 0 spiro atoms. The quantitative estimate of drug-likeness (QED) is 0.630. The first-order valence-corrected chi connectivity index (χ1v) is 11.5. The third-order valence-electron chi connectivity index (χ3n) is 5.02. The van der Waals surface area contributed by atoms with Crippen molar-refractivity contribution in [3.8, 4) is 11.5 Å². The summed E-state index contributed by atoms with van der Waals surface area (Å²) in [4.78, 5) is 12.6. The molecule has 8 heteroatoms. The average Bonchev–Trinajstić information content (AvgIpc) is 3.20. The van der Waals surface area contributed by atoms with Crippen LogP contribution in [0.2, 0.25) is 0 Å². The topological polar surface area (TPSA) is 84.9 Å². The molecule has 1 amide bonds. The van der Waals surface area contributed by atoms with Crippen LogP contribution in [-0.2, 0) is 16.6 Å². The van der Waals surface area contributed by atoms with Gasteiger partial charge in [-0.15, -0.1) is 0 Å². The highest BCUT2D eigenvalue weighted by atomic mass is 32.2. The summed E-state index contributed by atoms with van der Waals surface area (Å²) in [6.45, 7) is 2.32. The lowest BCUT2D eigenvalue weighted by Crippen LogP contribution is -2.29. The number of nitrogens with zero attached hydrogens (tertiary/aromatic N) is 1. The van der Waals surface area contributed by atoms with E-state index >= 15 is 0 Å². The van der Waals surface area contributed by atoms with E-state index in [4.69, 9.17) is 9.47 Å². The van der Waals surface area contributed by atoms with Crippen molar-refractivity contribution in [2.45, 2.75) is 13.5 Å². The Labute approximate surface area is 181 Å². The minimum atomic E-state index is -3.51. The van der Waals surface area contributed by atoms with Gasteiger partial charge in [-0.1, -0.05) is 24.3 Å². The molecule has 0 bridgehead atoms. The standard InChI is InChI=1S/C23H22N2O5S/c1-16-5-3-4-6-18(16)14-25(31(2,27)28)20-10-7-17(8-11-20)23(26)24-19-9-12-21-22(13-19)30-15-29-21/h3-13H,14-15H2,1-2H3,(H,24,26). The lowest BCUT2D eigenvalue weighted by molar-refractivity contribution is 0.102. The van der Waals surface area contributed by atoms with Gasteiger partial charge in [0.25, 0.3) is 5.91 Å². The first kappa shape index (κ1) is 20.7. The normalized spacial score (nSPS) is 12.5. The molecule has 1 N–H and O–H groups in total. The Hall–Kier alpha value is -3.52. The van der Waals surface area contributed by atoms with Crippen molar-refractivity contribution in [3.05, 3.63) is 83.4 Å². The van der Waals surface area contributed by atoms with E-state index in [0.717, 1.165) is 11.1 Å². The first-order valence-electron chi connectivity index (χ1n) is 9.64. The molecule has 4 rings (SSSR count).